The molecule has 0 unspecified atom stereocenters. The van der Waals surface area contributed by atoms with E-state index in [-0.39, 0.29) is 22.8 Å². The van der Waals surface area contributed by atoms with Crippen molar-refractivity contribution in [1.82, 2.24) is 5.32 Å². The summed E-state index contributed by atoms with van der Waals surface area (Å²) >= 11 is 0. The van der Waals surface area contributed by atoms with Crippen molar-refractivity contribution in [3.8, 4) is 11.5 Å². The van der Waals surface area contributed by atoms with Crippen molar-refractivity contribution in [1.29, 1.82) is 0 Å². The molecule has 152 valence electrons. The number of carbonyl (C=O) groups excluding carboxylic acids is 1. The first-order valence-electron chi connectivity index (χ1n) is 10.2. The van der Waals surface area contributed by atoms with Gasteiger partial charge in [-0.25, -0.2) is 0 Å². The molecule has 0 aliphatic carbocycles. The van der Waals surface area contributed by atoms with E-state index in [9.17, 15) is 15.0 Å². The third kappa shape index (κ3) is 6.29. The van der Waals surface area contributed by atoms with Crippen molar-refractivity contribution in [3.05, 3.63) is 59.2 Å². The molecule has 4 heteroatoms. The van der Waals surface area contributed by atoms with Crippen LogP contribution in [0.3, 0.4) is 0 Å². The van der Waals surface area contributed by atoms with Crippen LogP contribution in [0.15, 0.2) is 42.5 Å². The summed E-state index contributed by atoms with van der Waals surface area (Å²) in [5.74, 6) is 0.352. The van der Waals surface area contributed by atoms with E-state index in [1.807, 2.05) is 18.2 Å². The minimum absolute atomic E-state index is 0.137. The van der Waals surface area contributed by atoms with Crippen LogP contribution < -0.4 is 5.32 Å². The average molecular weight is 384 g/mol. The summed E-state index contributed by atoms with van der Waals surface area (Å²) in [6.07, 6.45) is 6.41. The van der Waals surface area contributed by atoms with E-state index >= 15 is 0 Å². The van der Waals surface area contributed by atoms with Crippen LogP contribution in [0.2, 0.25) is 0 Å². The summed E-state index contributed by atoms with van der Waals surface area (Å²) in [5, 5.41) is 22.6. The van der Waals surface area contributed by atoms with E-state index in [1.54, 1.807) is 24.3 Å². The van der Waals surface area contributed by atoms with Gasteiger partial charge in [0.2, 0.25) is 0 Å². The van der Waals surface area contributed by atoms with Crippen LogP contribution in [0.5, 0.6) is 11.5 Å². The first-order chi connectivity index (χ1) is 13.3. The van der Waals surface area contributed by atoms with Crippen LogP contribution >= 0.6 is 0 Å². The minimum atomic E-state index is -0.180. The van der Waals surface area contributed by atoms with Gasteiger partial charge in [0.1, 0.15) is 11.5 Å². The number of hydrogen-bond acceptors (Lipinski definition) is 3. The highest BCUT2D eigenvalue weighted by Gasteiger charge is 2.24. The Morgan fingerprint density at radius 3 is 2.39 bits per heavy atom. The molecule has 0 spiro atoms. The van der Waals surface area contributed by atoms with Gasteiger partial charge < -0.3 is 15.5 Å². The van der Waals surface area contributed by atoms with E-state index in [1.165, 1.54) is 19.3 Å². The fourth-order valence-electron chi connectivity index (χ4n) is 3.43. The third-order valence-electron chi connectivity index (χ3n) is 5.28. The summed E-state index contributed by atoms with van der Waals surface area (Å²) in [7, 11) is 0. The number of hydrogen-bond donors (Lipinski definition) is 3. The Morgan fingerprint density at radius 2 is 1.71 bits per heavy atom. The molecule has 0 heterocycles. The van der Waals surface area contributed by atoms with E-state index in [2.05, 4.69) is 26.1 Å². The van der Waals surface area contributed by atoms with Crippen LogP contribution in [0, 0.1) is 0 Å². The Hall–Kier alpha value is -2.49. The highest BCUT2D eigenvalue weighted by Crippen LogP contribution is 2.35. The standard InChI is InChI=1S/C24H33NO3/c1-4-5-6-7-15-24(2,3)21-17-19(10-13-22(21)27)23(28)25-16-14-18-8-11-20(26)12-9-18/h8-13,17,26-27H,4-7,14-16H2,1-3H3,(H,25,28). The molecule has 1 amide bonds. The molecule has 0 aromatic heterocycles. The number of benzene rings is 2. The number of nitrogens with one attached hydrogen (secondary N) is 1. The molecular weight excluding hydrogens is 350 g/mol. The van der Waals surface area contributed by atoms with E-state index in [0.29, 0.717) is 18.5 Å². The second-order valence-corrected chi connectivity index (χ2v) is 8.10. The highest BCUT2D eigenvalue weighted by atomic mass is 16.3. The molecule has 0 saturated carbocycles. The summed E-state index contributed by atoms with van der Waals surface area (Å²) in [6.45, 7) is 6.96. The van der Waals surface area contributed by atoms with Gasteiger partial charge in [-0.2, -0.15) is 0 Å². The van der Waals surface area contributed by atoms with Gasteiger partial charge in [-0.05, 0) is 54.2 Å². The van der Waals surface area contributed by atoms with Gasteiger partial charge >= 0.3 is 0 Å². The van der Waals surface area contributed by atoms with Crippen molar-refractivity contribution in [2.24, 2.45) is 0 Å². The quantitative estimate of drug-likeness (QED) is 0.486. The fourth-order valence-corrected chi connectivity index (χ4v) is 3.43. The van der Waals surface area contributed by atoms with Crippen molar-refractivity contribution >= 4 is 5.91 Å². The second kappa shape index (κ2) is 10.2. The van der Waals surface area contributed by atoms with E-state index < -0.39 is 0 Å². The predicted molar refractivity (Wildman–Crippen MR) is 114 cm³/mol. The maximum atomic E-state index is 12.5. The van der Waals surface area contributed by atoms with Crippen molar-refractivity contribution < 1.29 is 15.0 Å². The Kier molecular flexibility index (Phi) is 7.91. The number of phenolic OH excluding ortho intramolecular Hbond substituents is 2. The summed E-state index contributed by atoms with van der Waals surface area (Å²) in [4.78, 5) is 12.5. The average Bonchev–Trinajstić information content (AvgIpc) is 2.67. The number of amides is 1. The molecule has 0 saturated heterocycles. The first-order valence-corrected chi connectivity index (χ1v) is 10.2. The SMILES string of the molecule is CCCCCCC(C)(C)c1cc(C(=O)NCCc2ccc(O)cc2)ccc1O. The molecule has 0 bridgehead atoms. The van der Waals surface area contributed by atoms with Crippen LogP contribution in [0.25, 0.3) is 0 Å². The molecule has 2 aromatic carbocycles. The zero-order valence-corrected chi connectivity index (χ0v) is 17.3. The van der Waals surface area contributed by atoms with Crippen LogP contribution in [0.1, 0.15) is 74.4 Å². The Bertz CT molecular complexity index is 766. The summed E-state index contributed by atoms with van der Waals surface area (Å²) in [6, 6.07) is 12.1. The maximum Gasteiger partial charge on any atom is 0.251 e. The largest absolute Gasteiger partial charge is 0.508 e. The van der Waals surface area contributed by atoms with E-state index in [4.69, 9.17) is 0 Å². The smallest absolute Gasteiger partial charge is 0.251 e. The van der Waals surface area contributed by atoms with Crippen LogP contribution in [0.4, 0.5) is 0 Å². The maximum absolute atomic E-state index is 12.5. The van der Waals surface area contributed by atoms with E-state index in [0.717, 1.165) is 24.0 Å². The number of aromatic hydroxyl groups is 2. The van der Waals surface area contributed by atoms with Gasteiger partial charge in [0.05, 0.1) is 0 Å². The predicted octanol–water partition coefficient (Wildman–Crippen LogP) is 5.32. The van der Waals surface area contributed by atoms with Crippen molar-refractivity contribution in [2.75, 3.05) is 6.54 Å². The summed E-state index contributed by atoms with van der Waals surface area (Å²) in [5.41, 5.74) is 2.27. The molecule has 0 radical (unpaired) electrons. The zero-order chi connectivity index (χ0) is 20.6. The molecule has 2 rings (SSSR count). The monoisotopic (exact) mass is 383 g/mol. The summed E-state index contributed by atoms with van der Waals surface area (Å²) < 4.78 is 0. The second-order valence-electron chi connectivity index (χ2n) is 8.10. The number of carbonyl (C=O) groups is 1. The molecule has 3 N–H and O–H groups in total. The fraction of sp³-hybridized carbons (Fsp3) is 0.458. The highest BCUT2D eigenvalue weighted by molar-refractivity contribution is 5.94. The Balaban J connectivity index is 1.98. The topological polar surface area (TPSA) is 69.6 Å². The third-order valence-corrected chi connectivity index (χ3v) is 5.28. The van der Waals surface area contributed by atoms with Crippen molar-refractivity contribution in [3.63, 3.8) is 0 Å². The molecule has 0 fully saturated rings. The lowest BCUT2D eigenvalue weighted by molar-refractivity contribution is 0.0954. The van der Waals surface area contributed by atoms with Crippen LogP contribution in [-0.4, -0.2) is 22.7 Å². The Morgan fingerprint density at radius 1 is 1.00 bits per heavy atom. The van der Waals surface area contributed by atoms with Gasteiger partial charge in [-0.3, -0.25) is 4.79 Å². The normalized spacial score (nSPS) is 11.4. The molecular formula is C24H33NO3. The lowest BCUT2D eigenvalue weighted by atomic mass is 9.79. The first kappa shape index (κ1) is 21.8. The lowest BCUT2D eigenvalue weighted by Crippen LogP contribution is -2.26. The van der Waals surface area contributed by atoms with Crippen LogP contribution in [-0.2, 0) is 11.8 Å². The lowest BCUT2D eigenvalue weighted by Gasteiger charge is -2.26. The number of phenols is 2. The Labute approximate surface area is 168 Å². The number of unbranched alkanes of at least 4 members (excludes halogenated alkanes) is 3. The van der Waals surface area contributed by atoms with Crippen molar-refractivity contribution in [2.45, 2.75) is 64.7 Å². The molecule has 0 atom stereocenters. The zero-order valence-electron chi connectivity index (χ0n) is 17.3. The van der Waals surface area contributed by atoms with Gasteiger partial charge in [0.15, 0.2) is 0 Å². The van der Waals surface area contributed by atoms with Gasteiger partial charge in [-0.1, -0.05) is 58.6 Å². The molecule has 28 heavy (non-hydrogen) atoms. The molecule has 2 aromatic rings. The van der Waals surface area contributed by atoms with Gasteiger partial charge in [0.25, 0.3) is 5.91 Å². The minimum Gasteiger partial charge on any atom is -0.508 e. The van der Waals surface area contributed by atoms with Gasteiger partial charge in [0, 0.05) is 17.7 Å². The number of rotatable bonds is 10. The molecule has 0 aliphatic heterocycles. The molecule has 0 aliphatic rings. The molecule has 4 nitrogen and oxygen atoms in total. The van der Waals surface area contributed by atoms with Gasteiger partial charge in [-0.15, -0.1) is 0 Å².